The quantitative estimate of drug-likeness (QED) is 0.519. The van der Waals surface area contributed by atoms with E-state index in [1.165, 1.54) is 18.2 Å². The van der Waals surface area contributed by atoms with E-state index in [0.29, 0.717) is 22.2 Å². The lowest BCUT2D eigenvalue weighted by atomic mass is 10.1. The van der Waals surface area contributed by atoms with E-state index >= 15 is 0 Å². The van der Waals surface area contributed by atoms with Crippen molar-refractivity contribution in [2.45, 2.75) is 0 Å². The molecule has 7 heteroatoms. The molecule has 24 heavy (non-hydrogen) atoms. The molecule has 3 aromatic rings. The molecule has 0 spiro atoms. The van der Waals surface area contributed by atoms with E-state index in [9.17, 15) is 4.39 Å². The fraction of sp³-hybridized carbons (Fsp3) is 0.118. The van der Waals surface area contributed by atoms with E-state index in [2.05, 4.69) is 27.7 Å². The molecule has 0 fully saturated rings. The second kappa shape index (κ2) is 6.98. The molecule has 0 aliphatic rings. The summed E-state index contributed by atoms with van der Waals surface area (Å²) in [7, 11) is 3.19. The molecular formula is C17H13ClFIN2O2. The van der Waals surface area contributed by atoms with Gasteiger partial charge in [-0.05, 0) is 46.9 Å². The highest BCUT2D eigenvalue weighted by atomic mass is 127. The van der Waals surface area contributed by atoms with Crippen molar-refractivity contribution in [2.75, 3.05) is 14.2 Å². The zero-order valence-corrected chi connectivity index (χ0v) is 15.8. The van der Waals surface area contributed by atoms with Crippen LogP contribution in [0.3, 0.4) is 0 Å². The Labute approximate surface area is 157 Å². The third-order valence-electron chi connectivity index (χ3n) is 3.53. The Morgan fingerprint density at radius 3 is 2.54 bits per heavy atom. The van der Waals surface area contributed by atoms with Gasteiger partial charge in [-0.15, -0.1) is 0 Å². The zero-order chi connectivity index (χ0) is 17.3. The SMILES string of the molecule is COc1cc(OC)c(-c2ccnn2-c2cc(F)ccc2Cl)cc1I. The van der Waals surface area contributed by atoms with Crippen LogP contribution in [0.1, 0.15) is 0 Å². The smallest absolute Gasteiger partial charge is 0.135 e. The van der Waals surface area contributed by atoms with Gasteiger partial charge in [-0.25, -0.2) is 9.07 Å². The molecule has 124 valence electrons. The van der Waals surface area contributed by atoms with Crippen LogP contribution in [0, 0.1) is 9.39 Å². The molecule has 0 amide bonds. The summed E-state index contributed by atoms with van der Waals surface area (Å²) in [6.07, 6.45) is 1.63. The Bertz CT molecular complexity index is 898. The van der Waals surface area contributed by atoms with Crippen LogP contribution >= 0.6 is 34.2 Å². The summed E-state index contributed by atoms with van der Waals surface area (Å²) in [6, 6.07) is 9.72. The van der Waals surface area contributed by atoms with Gasteiger partial charge in [-0.2, -0.15) is 5.10 Å². The van der Waals surface area contributed by atoms with E-state index in [-0.39, 0.29) is 5.82 Å². The lowest BCUT2D eigenvalue weighted by Gasteiger charge is -2.14. The van der Waals surface area contributed by atoms with Crippen molar-refractivity contribution in [2.24, 2.45) is 0 Å². The highest BCUT2D eigenvalue weighted by Gasteiger charge is 2.17. The maximum atomic E-state index is 13.6. The topological polar surface area (TPSA) is 36.3 Å². The second-order valence-electron chi connectivity index (χ2n) is 4.91. The maximum Gasteiger partial charge on any atom is 0.135 e. The second-order valence-corrected chi connectivity index (χ2v) is 6.48. The first-order valence-corrected chi connectivity index (χ1v) is 8.42. The first-order valence-electron chi connectivity index (χ1n) is 6.96. The molecule has 0 aliphatic heterocycles. The van der Waals surface area contributed by atoms with Crippen LogP contribution in [0.15, 0.2) is 42.6 Å². The van der Waals surface area contributed by atoms with Gasteiger partial charge >= 0.3 is 0 Å². The molecule has 0 saturated heterocycles. The fourth-order valence-electron chi connectivity index (χ4n) is 2.41. The van der Waals surface area contributed by atoms with Crippen molar-refractivity contribution in [3.63, 3.8) is 0 Å². The minimum absolute atomic E-state index is 0.382. The molecule has 0 N–H and O–H groups in total. The van der Waals surface area contributed by atoms with Gasteiger partial charge in [0.2, 0.25) is 0 Å². The van der Waals surface area contributed by atoms with Gasteiger partial charge in [-0.3, -0.25) is 0 Å². The summed E-state index contributed by atoms with van der Waals surface area (Å²) in [6.45, 7) is 0. The average Bonchev–Trinajstić information content (AvgIpc) is 3.06. The van der Waals surface area contributed by atoms with E-state index in [1.54, 1.807) is 25.1 Å². The Morgan fingerprint density at radius 1 is 1.08 bits per heavy atom. The summed E-state index contributed by atoms with van der Waals surface area (Å²) >= 11 is 8.41. The van der Waals surface area contributed by atoms with E-state index in [1.807, 2.05) is 18.2 Å². The van der Waals surface area contributed by atoms with E-state index < -0.39 is 0 Å². The largest absolute Gasteiger partial charge is 0.496 e. The summed E-state index contributed by atoms with van der Waals surface area (Å²) in [5.41, 5.74) is 2.00. The van der Waals surface area contributed by atoms with Gasteiger partial charge in [0.05, 0.1) is 40.4 Å². The number of benzene rings is 2. The Balaban J connectivity index is 2.21. The summed E-state index contributed by atoms with van der Waals surface area (Å²) in [4.78, 5) is 0. The number of ether oxygens (including phenoxy) is 2. The minimum atomic E-state index is -0.382. The number of aromatic nitrogens is 2. The van der Waals surface area contributed by atoms with Crippen molar-refractivity contribution < 1.29 is 13.9 Å². The third kappa shape index (κ3) is 3.08. The van der Waals surface area contributed by atoms with Crippen molar-refractivity contribution in [1.29, 1.82) is 0 Å². The molecule has 0 saturated carbocycles. The van der Waals surface area contributed by atoms with Gasteiger partial charge in [-0.1, -0.05) is 11.6 Å². The van der Waals surface area contributed by atoms with Crippen LogP contribution in [0.5, 0.6) is 11.5 Å². The van der Waals surface area contributed by atoms with Gasteiger partial charge in [0.25, 0.3) is 0 Å². The molecular weight excluding hydrogens is 446 g/mol. The maximum absolute atomic E-state index is 13.6. The molecule has 1 aromatic heterocycles. The highest BCUT2D eigenvalue weighted by molar-refractivity contribution is 14.1. The first kappa shape index (κ1) is 17.0. The minimum Gasteiger partial charge on any atom is -0.496 e. The Morgan fingerprint density at radius 2 is 1.83 bits per heavy atom. The third-order valence-corrected chi connectivity index (χ3v) is 4.69. The number of halogens is 3. The number of nitrogens with zero attached hydrogens (tertiary/aromatic N) is 2. The number of hydrogen-bond acceptors (Lipinski definition) is 3. The van der Waals surface area contributed by atoms with E-state index in [4.69, 9.17) is 21.1 Å². The van der Waals surface area contributed by atoms with Crippen molar-refractivity contribution >= 4 is 34.2 Å². The predicted molar refractivity (Wildman–Crippen MR) is 99.8 cm³/mol. The molecule has 0 aliphatic carbocycles. The van der Waals surface area contributed by atoms with Gasteiger partial charge in [0.15, 0.2) is 0 Å². The van der Waals surface area contributed by atoms with Crippen LogP contribution in [-0.4, -0.2) is 24.0 Å². The van der Waals surface area contributed by atoms with Crippen molar-refractivity contribution in [3.8, 4) is 28.4 Å². The monoisotopic (exact) mass is 458 g/mol. The number of hydrogen-bond donors (Lipinski definition) is 0. The predicted octanol–water partition coefficient (Wildman–Crippen LogP) is 4.95. The fourth-order valence-corrected chi connectivity index (χ4v) is 3.29. The summed E-state index contributed by atoms with van der Waals surface area (Å²) in [5.74, 6) is 0.958. The standard InChI is InChI=1S/C17H13ClFIN2O2/c1-23-16-9-17(24-2)13(20)8-11(16)14-5-6-21-22(14)15-7-10(19)3-4-12(15)18/h3-9H,1-2H3. The zero-order valence-electron chi connectivity index (χ0n) is 12.9. The molecule has 0 bridgehead atoms. The highest BCUT2D eigenvalue weighted by Crippen LogP contribution is 2.38. The molecule has 0 atom stereocenters. The van der Waals surface area contributed by atoms with Crippen LogP contribution < -0.4 is 9.47 Å². The van der Waals surface area contributed by atoms with Gasteiger partial charge in [0.1, 0.15) is 17.3 Å². The lowest BCUT2D eigenvalue weighted by molar-refractivity contribution is 0.393. The van der Waals surface area contributed by atoms with Crippen LogP contribution in [0.2, 0.25) is 5.02 Å². The van der Waals surface area contributed by atoms with Crippen LogP contribution in [-0.2, 0) is 0 Å². The number of methoxy groups -OCH3 is 2. The molecule has 3 rings (SSSR count). The summed E-state index contributed by atoms with van der Waals surface area (Å²) < 4.78 is 27.0. The summed E-state index contributed by atoms with van der Waals surface area (Å²) in [5, 5.41) is 4.69. The van der Waals surface area contributed by atoms with Crippen molar-refractivity contribution in [1.82, 2.24) is 9.78 Å². The molecule has 0 radical (unpaired) electrons. The van der Waals surface area contributed by atoms with Gasteiger partial charge in [0, 0.05) is 17.7 Å². The van der Waals surface area contributed by atoms with Gasteiger partial charge < -0.3 is 9.47 Å². The van der Waals surface area contributed by atoms with E-state index in [0.717, 1.165) is 14.8 Å². The van der Waals surface area contributed by atoms with Crippen LogP contribution in [0.25, 0.3) is 16.9 Å². The van der Waals surface area contributed by atoms with Crippen molar-refractivity contribution in [3.05, 3.63) is 57.0 Å². The Kier molecular flexibility index (Phi) is 4.96. The van der Waals surface area contributed by atoms with Crippen LogP contribution in [0.4, 0.5) is 4.39 Å². The molecule has 1 heterocycles. The lowest BCUT2D eigenvalue weighted by Crippen LogP contribution is -2.02. The molecule has 0 unspecified atom stereocenters. The first-order chi connectivity index (χ1) is 11.5. The molecule has 4 nitrogen and oxygen atoms in total. The number of rotatable bonds is 4. The Hall–Kier alpha value is -1.80. The normalized spacial score (nSPS) is 10.7. The molecule has 2 aromatic carbocycles. The average molecular weight is 459 g/mol.